The summed E-state index contributed by atoms with van der Waals surface area (Å²) >= 11 is 0. The van der Waals surface area contributed by atoms with Crippen LogP contribution in [0.3, 0.4) is 0 Å². The monoisotopic (exact) mass is 455 g/mol. The van der Waals surface area contributed by atoms with E-state index in [-0.39, 0.29) is 6.09 Å². The van der Waals surface area contributed by atoms with E-state index in [1.807, 2.05) is 53.2 Å². The van der Waals surface area contributed by atoms with Gasteiger partial charge in [-0.3, -0.25) is 4.90 Å². The van der Waals surface area contributed by atoms with E-state index in [0.29, 0.717) is 18.3 Å². The van der Waals surface area contributed by atoms with Crippen molar-refractivity contribution in [3.63, 3.8) is 0 Å². The summed E-state index contributed by atoms with van der Waals surface area (Å²) in [6.07, 6.45) is 6.88. The molecule has 34 heavy (non-hydrogen) atoms. The van der Waals surface area contributed by atoms with Crippen LogP contribution in [0.2, 0.25) is 0 Å². The van der Waals surface area contributed by atoms with Gasteiger partial charge >= 0.3 is 6.09 Å². The highest BCUT2D eigenvalue weighted by molar-refractivity contribution is 5.89. The molecule has 0 unspecified atom stereocenters. The number of amides is 1. The zero-order chi connectivity index (χ0) is 23.0. The number of benzene rings is 1. The summed E-state index contributed by atoms with van der Waals surface area (Å²) in [6.45, 7) is 1.37. The van der Waals surface area contributed by atoms with Crippen molar-refractivity contribution in [2.24, 2.45) is 5.92 Å². The van der Waals surface area contributed by atoms with Gasteiger partial charge in [0.15, 0.2) is 11.5 Å². The van der Waals surface area contributed by atoms with Crippen molar-refractivity contribution in [2.45, 2.75) is 31.3 Å². The van der Waals surface area contributed by atoms with Crippen LogP contribution in [0, 0.1) is 5.92 Å². The van der Waals surface area contributed by atoms with Gasteiger partial charge in [-0.15, -0.1) is 10.2 Å². The van der Waals surface area contributed by atoms with Crippen molar-refractivity contribution >= 4 is 23.4 Å². The fraction of sp³-hybridized carbons (Fsp3) is 0.320. The summed E-state index contributed by atoms with van der Waals surface area (Å²) < 4.78 is 7.65. The van der Waals surface area contributed by atoms with Crippen LogP contribution in [0.4, 0.5) is 16.4 Å². The van der Waals surface area contributed by atoms with E-state index >= 15 is 0 Å². The van der Waals surface area contributed by atoms with Crippen LogP contribution in [0.1, 0.15) is 25.7 Å². The van der Waals surface area contributed by atoms with E-state index in [1.165, 1.54) is 0 Å². The minimum atomic E-state index is -0.424. The van der Waals surface area contributed by atoms with Crippen LogP contribution in [0.5, 0.6) is 0 Å². The molecule has 6 rings (SSSR count). The third-order valence-corrected chi connectivity index (χ3v) is 6.78. The second-order valence-electron chi connectivity index (χ2n) is 9.06. The number of rotatable bonds is 5. The Morgan fingerprint density at radius 3 is 2.71 bits per heavy atom. The number of anilines is 2. The Morgan fingerprint density at radius 2 is 1.91 bits per heavy atom. The molecule has 3 aromatic heterocycles. The molecular weight excluding hydrogens is 430 g/mol. The predicted molar refractivity (Wildman–Crippen MR) is 127 cm³/mol. The Labute approximate surface area is 196 Å². The molecule has 1 N–H and O–H groups in total. The number of carbonyl (C=O) groups is 1. The van der Waals surface area contributed by atoms with Crippen LogP contribution >= 0.6 is 0 Å². The summed E-state index contributed by atoms with van der Waals surface area (Å²) in [5.74, 6) is 1.87. The van der Waals surface area contributed by atoms with Crippen LogP contribution in [0.15, 0.2) is 67.0 Å². The standard InChI is InChI=1S/C25H25N7O2/c33-24-31(23-7-4-14-27-29-23)17-25(34-24)12-10-18(11-13-25)15-26-21-8-9-22-28-20(16-32(22)30-21)19-5-2-1-3-6-19/h1-9,14,16,18H,10-13,15,17H2,(H,26,30)/t18-,25-. The Hall–Kier alpha value is -4.01. The normalized spacial score (nSPS) is 22.3. The number of fused-ring (bicyclic) bond motifs is 1. The van der Waals surface area contributed by atoms with Gasteiger partial charge in [0.25, 0.3) is 0 Å². The second-order valence-corrected chi connectivity index (χ2v) is 9.06. The third kappa shape index (κ3) is 3.93. The van der Waals surface area contributed by atoms with Crippen LogP contribution in [0.25, 0.3) is 16.9 Å². The Bertz CT molecular complexity index is 1300. The van der Waals surface area contributed by atoms with Gasteiger partial charge < -0.3 is 10.1 Å². The third-order valence-electron chi connectivity index (χ3n) is 6.78. The first-order valence-electron chi connectivity index (χ1n) is 11.6. The smallest absolute Gasteiger partial charge is 0.416 e. The van der Waals surface area contributed by atoms with E-state index in [1.54, 1.807) is 23.2 Å². The van der Waals surface area contributed by atoms with Gasteiger partial charge in [0, 0.05) is 18.3 Å². The number of carbonyl (C=O) groups excluding carboxylic acids is 1. The summed E-state index contributed by atoms with van der Waals surface area (Å²) in [5.41, 5.74) is 2.38. The first-order valence-corrected chi connectivity index (χ1v) is 11.6. The molecule has 1 aromatic carbocycles. The second kappa shape index (κ2) is 8.40. The number of imidazole rings is 1. The maximum atomic E-state index is 12.4. The highest BCUT2D eigenvalue weighted by Crippen LogP contribution is 2.40. The van der Waals surface area contributed by atoms with Gasteiger partial charge in [-0.05, 0) is 55.9 Å². The van der Waals surface area contributed by atoms with E-state index in [2.05, 4.69) is 25.6 Å². The maximum absolute atomic E-state index is 12.4. The first kappa shape index (κ1) is 20.6. The average molecular weight is 456 g/mol. The molecule has 172 valence electrons. The molecule has 2 aliphatic rings. The summed E-state index contributed by atoms with van der Waals surface area (Å²) in [4.78, 5) is 18.7. The van der Waals surface area contributed by atoms with E-state index in [4.69, 9.17) is 4.74 Å². The predicted octanol–water partition coefficient (Wildman–Crippen LogP) is 4.18. The highest BCUT2D eigenvalue weighted by atomic mass is 16.6. The van der Waals surface area contributed by atoms with Crippen molar-refractivity contribution in [3.8, 4) is 11.3 Å². The molecule has 0 radical (unpaired) electrons. The number of hydrogen-bond acceptors (Lipinski definition) is 7. The van der Waals surface area contributed by atoms with Crippen molar-refractivity contribution in [2.75, 3.05) is 23.3 Å². The van der Waals surface area contributed by atoms with Crippen molar-refractivity contribution in [1.29, 1.82) is 0 Å². The van der Waals surface area contributed by atoms with E-state index in [0.717, 1.165) is 55.0 Å². The lowest BCUT2D eigenvalue weighted by Crippen LogP contribution is -2.39. The Morgan fingerprint density at radius 1 is 1.06 bits per heavy atom. The van der Waals surface area contributed by atoms with E-state index < -0.39 is 5.60 Å². The number of hydrogen-bond donors (Lipinski definition) is 1. The molecule has 9 heteroatoms. The summed E-state index contributed by atoms with van der Waals surface area (Å²) in [7, 11) is 0. The van der Waals surface area contributed by atoms with Crippen molar-refractivity contribution < 1.29 is 9.53 Å². The molecule has 1 amide bonds. The maximum Gasteiger partial charge on any atom is 0.416 e. The van der Waals surface area contributed by atoms with E-state index in [9.17, 15) is 4.79 Å². The number of nitrogens with zero attached hydrogens (tertiary/aromatic N) is 6. The summed E-state index contributed by atoms with van der Waals surface area (Å²) in [5, 5.41) is 16.1. The molecule has 4 aromatic rings. The molecule has 1 aliphatic heterocycles. The minimum absolute atomic E-state index is 0.329. The molecule has 1 saturated heterocycles. The highest BCUT2D eigenvalue weighted by Gasteiger charge is 2.48. The largest absolute Gasteiger partial charge is 0.441 e. The average Bonchev–Trinajstić information content (AvgIpc) is 3.45. The number of nitrogens with one attached hydrogen (secondary N) is 1. The summed E-state index contributed by atoms with van der Waals surface area (Å²) in [6, 6.07) is 17.6. The SMILES string of the molecule is O=C1O[C@]2(CC[C@H](CNc3ccc4nc(-c5ccccc5)cn4n3)CC2)CN1c1cccnn1. The lowest BCUT2D eigenvalue weighted by molar-refractivity contribution is 0.0148. The molecule has 0 atom stereocenters. The van der Waals surface area contributed by atoms with Gasteiger partial charge in [0.1, 0.15) is 11.4 Å². The lowest BCUT2D eigenvalue weighted by atomic mass is 9.78. The Kier molecular flexibility index (Phi) is 5.09. The van der Waals surface area contributed by atoms with Crippen molar-refractivity contribution in [1.82, 2.24) is 24.8 Å². The first-order chi connectivity index (χ1) is 16.7. The molecule has 1 aliphatic carbocycles. The van der Waals surface area contributed by atoms with Crippen LogP contribution < -0.4 is 10.2 Å². The molecule has 1 spiro atoms. The molecule has 1 saturated carbocycles. The number of aromatic nitrogens is 5. The molecule has 9 nitrogen and oxygen atoms in total. The zero-order valence-corrected chi connectivity index (χ0v) is 18.7. The fourth-order valence-corrected chi connectivity index (χ4v) is 4.88. The van der Waals surface area contributed by atoms with Gasteiger partial charge in [-0.1, -0.05) is 30.3 Å². The molecular formula is C25H25N7O2. The van der Waals surface area contributed by atoms with Gasteiger partial charge in [-0.25, -0.2) is 14.3 Å². The van der Waals surface area contributed by atoms with Crippen molar-refractivity contribution in [3.05, 3.63) is 67.0 Å². The topological polar surface area (TPSA) is 97.5 Å². The molecule has 4 heterocycles. The lowest BCUT2D eigenvalue weighted by Gasteiger charge is -2.35. The van der Waals surface area contributed by atoms with Crippen LogP contribution in [-0.2, 0) is 4.74 Å². The molecule has 0 bridgehead atoms. The van der Waals surface area contributed by atoms with Gasteiger partial charge in [-0.2, -0.15) is 5.10 Å². The molecule has 2 fully saturated rings. The Balaban J connectivity index is 1.06. The van der Waals surface area contributed by atoms with Gasteiger partial charge in [0.2, 0.25) is 0 Å². The minimum Gasteiger partial charge on any atom is -0.441 e. The van der Waals surface area contributed by atoms with Gasteiger partial charge in [0.05, 0.1) is 18.4 Å². The van der Waals surface area contributed by atoms with Crippen LogP contribution in [-0.4, -0.2) is 49.6 Å². The zero-order valence-electron chi connectivity index (χ0n) is 18.7. The quantitative estimate of drug-likeness (QED) is 0.482. The fourth-order valence-electron chi connectivity index (χ4n) is 4.88. The number of ether oxygens (including phenoxy) is 1.